The normalized spacial score (nSPS) is 14.6. The fourth-order valence-electron chi connectivity index (χ4n) is 1.29. The first kappa shape index (κ1) is 13.6. The first-order valence-electron chi connectivity index (χ1n) is 5.42. The van der Waals surface area contributed by atoms with Crippen molar-refractivity contribution in [1.82, 2.24) is 9.97 Å². The molecule has 0 amide bonds. The van der Waals surface area contributed by atoms with Gasteiger partial charge in [-0.1, -0.05) is 43.6 Å². The molecule has 2 unspecified atom stereocenters. The largest absolute Gasteiger partial charge is 0.367 e. The number of hydrogen-bond acceptors (Lipinski definition) is 4. The van der Waals surface area contributed by atoms with E-state index in [1.807, 2.05) is 6.26 Å². The van der Waals surface area contributed by atoms with E-state index in [2.05, 4.69) is 36.1 Å². The summed E-state index contributed by atoms with van der Waals surface area (Å²) < 4.78 is 0. The van der Waals surface area contributed by atoms with Crippen LogP contribution in [0.15, 0.2) is 11.2 Å². The Morgan fingerprint density at radius 2 is 2.12 bits per heavy atom. The van der Waals surface area contributed by atoms with Gasteiger partial charge in [0, 0.05) is 12.1 Å². The number of rotatable bonds is 5. The summed E-state index contributed by atoms with van der Waals surface area (Å²) in [7, 11) is 0. The lowest BCUT2D eigenvalue weighted by molar-refractivity contribution is 0.493. The van der Waals surface area contributed by atoms with Gasteiger partial charge in [-0.3, -0.25) is 0 Å². The van der Waals surface area contributed by atoms with Crippen molar-refractivity contribution >= 4 is 29.2 Å². The molecule has 0 fully saturated rings. The highest BCUT2D eigenvalue weighted by molar-refractivity contribution is 7.98. The molecule has 2 atom stereocenters. The van der Waals surface area contributed by atoms with Crippen LogP contribution in [0.25, 0.3) is 0 Å². The van der Waals surface area contributed by atoms with Gasteiger partial charge in [0.2, 0.25) is 0 Å². The van der Waals surface area contributed by atoms with Crippen LogP contribution in [0, 0.1) is 5.92 Å². The van der Waals surface area contributed by atoms with Crippen LogP contribution < -0.4 is 5.32 Å². The molecular formula is C11H18ClN3S. The lowest BCUT2D eigenvalue weighted by Crippen LogP contribution is -2.23. The minimum atomic E-state index is 0.380. The van der Waals surface area contributed by atoms with Crippen molar-refractivity contribution < 1.29 is 0 Å². The summed E-state index contributed by atoms with van der Waals surface area (Å²) in [6.07, 6.45) is 3.08. The molecule has 1 rings (SSSR count). The van der Waals surface area contributed by atoms with E-state index in [9.17, 15) is 0 Å². The summed E-state index contributed by atoms with van der Waals surface area (Å²) in [5, 5.41) is 4.54. The molecule has 16 heavy (non-hydrogen) atoms. The molecule has 1 aromatic rings. The van der Waals surface area contributed by atoms with Crippen LogP contribution >= 0.6 is 23.4 Å². The average molecular weight is 260 g/mol. The Kier molecular flexibility index (Phi) is 5.35. The predicted molar refractivity (Wildman–Crippen MR) is 71.4 cm³/mol. The number of aromatic nitrogens is 2. The highest BCUT2D eigenvalue weighted by Gasteiger charge is 2.11. The van der Waals surface area contributed by atoms with Crippen LogP contribution in [0.2, 0.25) is 5.15 Å². The van der Waals surface area contributed by atoms with E-state index in [-0.39, 0.29) is 0 Å². The first-order chi connectivity index (χ1) is 7.56. The van der Waals surface area contributed by atoms with E-state index in [0.717, 1.165) is 12.2 Å². The standard InChI is InChI=1S/C11H18ClN3S/c1-5-7(2)8(3)13-10-6-9(12)14-11(15-10)16-4/h6-8H,5H2,1-4H3,(H,13,14,15). The molecule has 0 spiro atoms. The number of nitrogens with one attached hydrogen (secondary N) is 1. The fraction of sp³-hybridized carbons (Fsp3) is 0.636. The summed E-state index contributed by atoms with van der Waals surface area (Å²) in [5.41, 5.74) is 0. The SMILES string of the molecule is CCC(C)C(C)Nc1cc(Cl)nc(SC)n1. The minimum absolute atomic E-state index is 0.380. The zero-order chi connectivity index (χ0) is 12.1. The van der Waals surface area contributed by atoms with Gasteiger partial charge in [-0.05, 0) is 19.1 Å². The van der Waals surface area contributed by atoms with Gasteiger partial charge in [0.1, 0.15) is 11.0 Å². The molecular weight excluding hydrogens is 242 g/mol. The van der Waals surface area contributed by atoms with Gasteiger partial charge in [-0.15, -0.1) is 0 Å². The lowest BCUT2D eigenvalue weighted by atomic mass is 10.0. The number of anilines is 1. The number of halogens is 1. The molecule has 3 nitrogen and oxygen atoms in total. The Morgan fingerprint density at radius 3 is 2.69 bits per heavy atom. The summed E-state index contributed by atoms with van der Waals surface area (Å²) in [6, 6.07) is 2.14. The van der Waals surface area contributed by atoms with E-state index in [4.69, 9.17) is 11.6 Å². The molecule has 0 bridgehead atoms. The van der Waals surface area contributed by atoms with Gasteiger partial charge in [0.25, 0.3) is 0 Å². The van der Waals surface area contributed by atoms with E-state index >= 15 is 0 Å². The Bertz CT molecular complexity index is 346. The van der Waals surface area contributed by atoms with Gasteiger partial charge < -0.3 is 5.32 Å². The third kappa shape index (κ3) is 3.83. The number of thioether (sulfide) groups is 1. The molecule has 0 aliphatic rings. The zero-order valence-electron chi connectivity index (χ0n) is 10.1. The molecule has 0 saturated heterocycles. The maximum atomic E-state index is 5.92. The summed E-state index contributed by atoms with van der Waals surface area (Å²) in [4.78, 5) is 8.47. The molecule has 1 heterocycles. The van der Waals surface area contributed by atoms with Crippen LogP contribution in [0.5, 0.6) is 0 Å². The summed E-state index contributed by atoms with van der Waals surface area (Å²) >= 11 is 7.41. The monoisotopic (exact) mass is 259 g/mol. The third-order valence-electron chi connectivity index (χ3n) is 2.73. The van der Waals surface area contributed by atoms with Crippen molar-refractivity contribution in [2.24, 2.45) is 5.92 Å². The molecule has 90 valence electrons. The molecule has 1 aromatic heterocycles. The van der Waals surface area contributed by atoms with Crippen molar-refractivity contribution in [1.29, 1.82) is 0 Å². The molecule has 0 aliphatic heterocycles. The maximum absolute atomic E-state index is 5.92. The van der Waals surface area contributed by atoms with Crippen LogP contribution in [-0.2, 0) is 0 Å². The van der Waals surface area contributed by atoms with Gasteiger partial charge in [-0.25, -0.2) is 9.97 Å². The lowest BCUT2D eigenvalue weighted by Gasteiger charge is -2.20. The molecule has 0 aliphatic carbocycles. The average Bonchev–Trinajstić information content (AvgIpc) is 2.26. The Morgan fingerprint density at radius 1 is 1.44 bits per heavy atom. The van der Waals surface area contributed by atoms with Crippen LogP contribution in [0.3, 0.4) is 0 Å². The molecule has 0 aromatic carbocycles. The van der Waals surface area contributed by atoms with Gasteiger partial charge in [-0.2, -0.15) is 0 Å². The Hall–Kier alpha value is -0.480. The second-order valence-electron chi connectivity index (χ2n) is 3.88. The second-order valence-corrected chi connectivity index (χ2v) is 5.04. The third-order valence-corrected chi connectivity index (χ3v) is 3.47. The van der Waals surface area contributed by atoms with E-state index < -0.39 is 0 Å². The Labute approximate surface area is 106 Å². The number of nitrogens with zero attached hydrogens (tertiary/aromatic N) is 2. The highest BCUT2D eigenvalue weighted by Crippen LogP contribution is 2.19. The zero-order valence-corrected chi connectivity index (χ0v) is 11.7. The highest BCUT2D eigenvalue weighted by atomic mass is 35.5. The fourth-order valence-corrected chi connectivity index (χ4v) is 1.90. The maximum Gasteiger partial charge on any atom is 0.190 e. The molecule has 5 heteroatoms. The van der Waals surface area contributed by atoms with Crippen LogP contribution in [-0.4, -0.2) is 22.3 Å². The Balaban J connectivity index is 2.76. The van der Waals surface area contributed by atoms with E-state index in [1.54, 1.807) is 6.07 Å². The quantitative estimate of drug-likeness (QED) is 0.497. The minimum Gasteiger partial charge on any atom is -0.367 e. The van der Waals surface area contributed by atoms with Gasteiger partial charge in [0.05, 0.1) is 0 Å². The predicted octanol–water partition coefficient (Wildman–Crippen LogP) is 3.70. The van der Waals surface area contributed by atoms with Gasteiger partial charge in [0.15, 0.2) is 5.16 Å². The number of hydrogen-bond donors (Lipinski definition) is 1. The van der Waals surface area contributed by atoms with Crippen molar-refractivity contribution in [2.75, 3.05) is 11.6 Å². The van der Waals surface area contributed by atoms with Crippen molar-refractivity contribution in [3.8, 4) is 0 Å². The summed E-state index contributed by atoms with van der Waals surface area (Å²) in [5.74, 6) is 1.41. The molecule has 0 radical (unpaired) electrons. The van der Waals surface area contributed by atoms with Crippen molar-refractivity contribution in [3.05, 3.63) is 11.2 Å². The molecule has 1 N–H and O–H groups in total. The van der Waals surface area contributed by atoms with Gasteiger partial charge >= 0.3 is 0 Å². The van der Waals surface area contributed by atoms with E-state index in [1.165, 1.54) is 11.8 Å². The van der Waals surface area contributed by atoms with E-state index in [0.29, 0.717) is 22.3 Å². The molecule has 0 saturated carbocycles. The van der Waals surface area contributed by atoms with Crippen LogP contribution in [0.4, 0.5) is 5.82 Å². The van der Waals surface area contributed by atoms with Crippen LogP contribution in [0.1, 0.15) is 27.2 Å². The van der Waals surface area contributed by atoms with Crippen molar-refractivity contribution in [2.45, 2.75) is 38.4 Å². The smallest absolute Gasteiger partial charge is 0.190 e. The topological polar surface area (TPSA) is 37.8 Å². The van der Waals surface area contributed by atoms with Crippen molar-refractivity contribution in [3.63, 3.8) is 0 Å². The first-order valence-corrected chi connectivity index (χ1v) is 7.02. The summed E-state index contributed by atoms with van der Waals surface area (Å²) in [6.45, 7) is 6.56. The second kappa shape index (κ2) is 6.30.